The first-order chi connectivity index (χ1) is 16.9. The van der Waals surface area contributed by atoms with Crippen molar-refractivity contribution in [1.29, 1.82) is 0 Å². The number of esters is 1. The van der Waals surface area contributed by atoms with Gasteiger partial charge in [0.2, 0.25) is 5.82 Å². The highest BCUT2D eigenvalue weighted by atomic mass is 19.2. The summed E-state index contributed by atoms with van der Waals surface area (Å²) in [5.41, 5.74) is 2.50. The Morgan fingerprint density at radius 1 is 0.886 bits per heavy atom. The van der Waals surface area contributed by atoms with E-state index < -0.39 is 23.4 Å². The van der Waals surface area contributed by atoms with E-state index in [9.17, 15) is 18.0 Å². The second-order valence-electron chi connectivity index (χ2n) is 9.44. The topological polar surface area (TPSA) is 26.3 Å². The van der Waals surface area contributed by atoms with Gasteiger partial charge < -0.3 is 4.74 Å². The Kier molecular flexibility index (Phi) is 7.94. The molecule has 0 heterocycles. The molecule has 1 fully saturated rings. The van der Waals surface area contributed by atoms with E-state index in [-0.39, 0.29) is 17.3 Å². The molecule has 0 saturated heterocycles. The van der Waals surface area contributed by atoms with Crippen LogP contribution >= 0.6 is 0 Å². The summed E-state index contributed by atoms with van der Waals surface area (Å²) < 4.78 is 49.3. The first-order valence-electron chi connectivity index (χ1n) is 12.5. The first-order valence-corrected chi connectivity index (χ1v) is 12.5. The number of hydrogen-bond acceptors (Lipinski definition) is 2. The molecule has 0 amide bonds. The van der Waals surface area contributed by atoms with Gasteiger partial charge in [-0.1, -0.05) is 57.0 Å². The number of carbonyl (C=O) groups is 1. The predicted molar refractivity (Wildman–Crippen MR) is 132 cm³/mol. The van der Waals surface area contributed by atoms with Crippen LogP contribution in [0.15, 0.2) is 54.6 Å². The summed E-state index contributed by atoms with van der Waals surface area (Å²) in [6, 6.07) is 14.2. The molecule has 1 saturated carbocycles. The van der Waals surface area contributed by atoms with Gasteiger partial charge in [0.25, 0.3) is 0 Å². The van der Waals surface area contributed by atoms with E-state index in [1.54, 1.807) is 18.2 Å². The number of hydrogen-bond donors (Lipinski definition) is 0. The molecule has 4 rings (SSSR count). The zero-order chi connectivity index (χ0) is 24.9. The minimum absolute atomic E-state index is 0.0129. The first kappa shape index (κ1) is 25.0. The van der Waals surface area contributed by atoms with Crippen LogP contribution in [-0.2, 0) is 6.42 Å². The van der Waals surface area contributed by atoms with E-state index in [0.717, 1.165) is 50.5 Å². The van der Waals surface area contributed by atoms with Crippen LogP contribution in [0.1, 0.15) is 79.8 Å². The third-order valence-corrected chi connectivity index (χ3v) is 7.15. The highest BCUT2D eigenvalue weighted by Gasteiger charge is 2.26. The maximum Gasteiger partial charge on any atom is 0.343 e. The highest BCUT2D eigenvalue weighted by Crippen LogP contribution is 2.39. The zero-order valence-electron chi connectivity index (χ0n) is 20.3. The Morgan fingerprint density at radius 2 is 1.60 bits per heavy atom. The molecule has 0 atom stereocenters. The van der Waals surface area contributed by atoms with Crippen molar-refractivity contribution in [2.75, 3.05) is 0 Å². The van der Waals surface area contributed by atoms with Gasteiger partial charge in [-0.15, -0.1) is 0 Å². The molecule has 0 unspecified atom stereocenters. The van der Waals surface area contributed by atoms with Crippen molar-refractivity contribution in [2.45, 2.75) is 64.7 Å². The second kappa shape index (κ2) is 11.1. The van der Waals surface area contributed by atoms with Crippen molar-refractivity contribution in [3.63, 3.8) is 0 Å². The van der Waals surface area contributed by atoms with Gasteiger partial charge in [-0.2, -0.15) is 4.39 Å². The van der Waals surface area contributed by atoms with Gasteiger partial charge in [0.05, 0.1) is 5.56 Å². The summed E-state index contributed by atoms with van der Waals surface area (Å²) in [4.78, 5) is 12.6. The summed E-state index contributed by atoms with van der Waals surface area (Å²) in [6.45, 7) is 4.20. The van der Waals surface area contributed by atoms with Crippen LogP contribution in [0.2, 0.25) is 0 Å². The van der Waals surface area contributed by atoms with E-state index in [0.29, 0.717) is 22.6 Å². The lowest BCUT2D eigenvalue weighted by atomic mass is 9.77. The minimum atomic E-state index is -1.14. The average Bonchev–Trinajstić information content (AvgIpc) is 2.87. The van der Waals surface area contributed by atoms with Gasteiger partial charge in [-0.05, 0) is 84.9 Å². The molecular formula is C30H31F3O2. The standard InChI is InChI=1S/C30H31F3O2/c1-3-5-20-8-15-24(26(31)18-20)21-11-13-23(14-12-21)30(34)35-27-17-16-25(28(32)29(27)33)22-9-6-19(4-2)7-10-22/h8,11-19,22H,3-7,9-10H2,1-2H3. The summed E-state index contributed by atoms with van der Waals surface area (Å²) in [7, 11) is 0. The summed E-state index contributed by atoms with van der Waals surface area (Å²) in [6.07, 6.45) is 6.55. The van der Waals surface area contributed by atoms with Gasteiger partial charge in [0.1, 0.15) is 5.82 Å². The Hall–Kier alpha value is -3.08. The van der Waals surface area contributed by atoms with Gasteiger partial charge in [0, 0.05) is 5.56 Å². The molecule has 5 heteroatoms. The smallest absolute Gasteiger partial charge is 0.343 e. The van der Waals surface area contributed by atoms with Gasteiger partial charge in [0.15, 0.2) is 11.6 Å². The third-order valence-electron chi connectivity index (χ3n) is 7.15. The fourth-order valence-electron chi connectivity index (χ4n) is 5.00. The molecule has 0 aliphatic heterocycles. The van der Waals surface area contributed by atoms with E-state index in [4.69, 9.17) is 4.74 Å². The van der Waals surface area contributed by atoms with Crippen molar-refractivity contribution in [3.8, 4) is 16.9 Å². The number of benzene rings is 3. The summed E-state index contributed by atoms with van der Waals surface area (Å²) in [5, 5.41) is 0. The van der Waals surface area contributed by atoms with Gasteiger partial charge in [-0.25, -0.2) is 13.6 Å². The molecular weight excluding hydrogens is 449 g/mol. The second-order valence-corrected chi connectivity index (χ2v) is 9.44. The van der Waals surface area contributed by atoms with Crippen LogP contribution in [-0.4, -0.2) is 5.97 Å². The van der Waals surface area contributed by atoms with Crippen molar-refractivity contribution in [3.05, 3.63) is 88.7 Å². The predicted octanol–water partition coefficient (Wildman–Crippen LogP) is 8.63. The van der Waals surface area contributed by atoms with Crippen LogP contribution < -0.4 is 4.74 Å². The molecule has 2 nitrogen and oxygen atoms in total. The molecule has 1 aliphatic carbocycles. The fraction of sp³-hybridized carbons (Fsp3) is 0.367. The maximum atomic E-state index is 14.8. The number of rotatable bonds is 7. The van der Waals surface area contributed by atoms with Crippen LogP contribution in [0, 0.1) is 23.4 Å². The molecule has 0 spiro atoms. The zero-order valence-corrected chi connectivity index (χ0v) is 20.3. The molecule has 1 aliphatic rings. The minimum Gasteiger partial charge on any atom is -0.420 e. The van der Waals surface area contributed by atoms with E-state index in [1.807, 2.05) is 13.0 Å². The molecule has 3 aromatic carbocycles. The van der Waals surface area contributed by atoms with Crippen molar-refractivity contribution >= 4 is 5.97 Å². The summed E-state index contributed by atoms with van der Waals surface area (Å²) >= 11 is 0. The molecule has 3 aromatic rings. The SMILES string of the molecule is CCCc1ccc(-c2ccc(C(=O)Oc3ccc(C4CCC(CC)CC4)c(F)c3F)cc2)c(F)c1. The van der Waals surface area contributed by atoms with E-state index in [1.165, 1.54) is 30.3 Å². The van der Waals surface area contributed by atoms with Crippen LogP contribution in [0.25, 0.3) is 11.1 Å². The van der Waals surface area contributed by atoms with E-state index in [2.05, 4.69) is 6.92 Å². The Bertz CT molecular complexity index is 1180. The number of aryl methyl sites for hydroxylation is 1. The quantitative estimate of drug-likeness (QED) is 0.250. The lowest BCUT2D eigenvalue weighted by Gasteiger charge is -2.28. The lowest BCUT2D eigenvalue weighted by molar-refractivity contribution is 0.0726. The molecule has 0 bridgehead atoms. The fourth-order valence-corrected chi connectivity index (χ4v) is 5.00. The average molecular weight is 481 g/mol. The Morgan fingerprint density at radius 3 is 2.23 bits per heavy atom. The largest absolute Gasteiger partial charge is 0.420 e. The van der Waals surface area contributed by atoms with Crippen molar-refractivity contribution < 1.29 is 22.7 Å². The monoisotopic (exact) mass is 480 g/mol. The van der Waals surface area contributed by atoms with Crippen molar-refractivity contribution in [1.82, 2.24) is 0 Å². The molecule has 184 valence electrons. The molecule has 0 radical (unpaired) electrons. The maximum absolute atomic E-state index is 14.8. The van der Waals surface area contributed by atoms with Gasteiger partial charge in [-0.3, -0.25) is 0 Å². The highest BCUT2D eigenvalue weighted by molar-refractivity contribution is 5.91. The van der Waals surface area contributed by atoms with Crippen LogP contribution in [0.5, 0.6) is 5.75 Å². The van der Waals surface area contributed by atoms with Crippen molar-refractivity contribution in [2.24, 2.45) is 5.92 Å². The number of halogens is 3. The third kappa shape index (κ3) is 5.61. The van der Waals surface area contributed by atoms with Gasteiger partial charge >= 0.3 is 5.97 Å². The van der Waals surface area contributed by atoms with Crippen LogP contribution in [0.3, 0.4) is 0 Å². The molecule has 0 N–H and O–H groups in total. The molecule has 35 heavy (non-hydrogen) atoms. The lowest BCUT2D eigenvalue weighted by Crippen LogP contribution is -2.15. The Labute approximate surface area is 205 Å². The molecule has 0 aromatic heterocycles. The van der Waals surface area contributed by atoms with E-state index >= 15 is 0 Å². The van der Waals surface area contributed by atoms with Crippen LogP contribution in [0.4, 0.5) is 13.2 Å². The summed E-state index contributed by atoms with van der Waals surface area (Å²) in [5.74, 6) is -2.99. The Balaban J connectivity index is 1.46. The number of carbonyl (C=O) groups excluding carboxylic acids is 1. The number of ether oxygens (including phenoxy) is 1. The normalized spacial score (nSPS) is 17.9.